The molecule has 0 radical (unpaired) electrons. The van der Waals surface area contributed by atoms with Crippen LogP contribution in [0.3, 0.4) is 0 Å². The molecule has 4 aromatic rings. The Morgan fingerprint density at radius 1 is 0.657 bits per heavy atom. The predicted octanol–water partition coefficient (Wildman–Crippen LogP) is 6.23. The molecule has 0 aliphatic carbocycles. The number of carbonyl (C=O) groups excluding carboxylic acids is 2. The summed E-state index contributed by atoms with van der Waals surface area (Å²) in [6.07, 6.45) is 0. The number of aryl methyl sites for hydroxylation is 1. The normalized spacial score (nSPS) is 10.7. The van der Waals surface area contributed by atoms with Crippen LogP contribution in [0.15, 0.2) is 97.1 Å². The molecule has 0 saturated heterocycles. The topological polar surface area (TPSA) is 61.4 Å². The minimum absolute atomic E-state index is 0.235. The summed E-state index contributed by atoms with van der Waals surface area (Å²) in [7, 11) is 4.01. The Balaban J connectivity index is 1.62. The van der Waals surface area contributed by atoms with Crippen LogP contribution in [-0.4, -0.2) is 30.8 Å². The zero-order valence-corrected chi connectivity index (χ0v) is 20.2. The fourth-order valence-corrected chi connectivity index (χ4v) is 3.79. The third-order valence-electron chi connectivity index (χ3n) is 5.65. The van der Waals surface area contributed by atoms with E-state index in [1.165, 1.54) is 0 Å². The van der Waals surface area contributed by atoms with Crippen molar-refractivity contribution in [3.05, 3.63) is 119 Å². The van der Waals surface area contributed by atoms with Crippen LogP contribution < -0.4 is 10.6 Å². The highest BCUT2D eigenvalue weighted by Gasteiger charge is 2.14. The molecule has 0 fully saturated rings. The second-order valence-corrected chi connectivity index (χ2v) is 8.84. The van der Waals surface area contributed by atoms with Gasteiger partial charge in [-0.25, -0.2) is 0 Å². The maximum Gasteiger partial charge on any atom is 0.255 e. The van der Waals surface area contributed by atoms with Crippen LogP contribution in [-0.2, 0) is 6.54 Å². The van der Waals surface area contributed by atoms with E-state index in [-0.39, 0.29) is 11.8 Å². The molecule has 0 saturated carbocycles. The average Bonchev–Trinajstić information content (AvgIpc) is 2.86. The first kappa shape index (κ1) is 23.9. The first-order valence-electron chi connectivity index (χ1n) is 11.5. The van der Waals surface area contributed by atoms with Gasteiger partial charge >= 0.3 is 0 Å². The van der Waals surface area contributed by atoms with E-state index in [2.05, 4.69) is 15.5 Å². The van der Waals surface area contributed by atoms with Gasteiger partial charge in [0.05, 0.1) is 11.4 Å². The Kier molecular flexibility index (Phi) is 7.38. The minimum atomic E-state index is -0.238. The zero-order valence-electron chi connectivity index (χ0n) is 20.2. The highest BCUT2D eigenvalue weighted by atomic mass is 16.2. The Morgan fingerprint density at radius 2 is 1.23 bits per heavy atom. The van der Waals surface area contributed by atoms with E-state index in [0.717, 1.165) is 28.8 Å². The Hall–Kier alpha value is -4.22. The maximum absolute atomic E-state index is 13.1. The lowest BCUT2D eigenvalue weighted by Crippen LogP contribution is -2.17. The summed E-state index contributed by atoms with van der Waals surface area (Å²) in [6, 6.07) is 30.5. The summed E-state index contributed by atoms with van der Waals surface area (Å²) in [4.78, 5) is 28.1. The first-order valence-corrected chi connectivity index (χ1v) is 11.5. The molecule has 0 heterocycles. The van der Waals surface area contributed by atoms with Crippen molar-refractivity contribution in [1.82, 2.24) is 4.90 Å². The van der Waals surface area contributed by atoms with Crippen LogP contribution >= 0.6 is 0 Å². The number of rotatable bonds is 7. The third kappa shape index (κ3) is 6.22. The Bertz CT molecular complexity index is 1310. The molecule has 2 N–H and O–H groups in total. The van der Waals surface area contributed by atoms with Gasteiger partial charge in [-0.1, -0.05) is 66.2 Å². The Labute approximate surface area is 206 Å². The van der Waals surface area contributed by atoms with Crippen molar-refractivity contribution in [3.8, 4) is 11.1 Å². The van der Waals surface area contributed by atoms with Crippen molar-refractivity contribution in [1.29, 1.82) is 0 Å². The lowest BCUT2D eigenvalue weighted by Gasteiger charge is -2.15. The molecule has 0 bridgehead atoms. The average molecular weight is 464 g/mol. The monoisotopic (exact) mass is 463 g/mol. The van der Waals surface area contributed by atoms with Crippen molar-refractivity contribution >= 4 is 23.2 Å². The van der Waals surface area contributed by atoms with E-state index in [9.17, 15) is 9.59 Å². The molecule has 0 spiro atoms. The molecule has 0 unspecified atom stereocenters. The van der Waals surface area contributed by atoms with Gasteiger partial charge in [-0.3, -0.25) is 9.59 Å². The number of benzene rings is 4. The summed E-state index contributed by atoms with van der Waals surface area (Å²) in [6.45, 7) is 2.78. The van der Waals surface area contributed by atoms with Crippen molar-refractivity contribution in [2.75, 3.05) is 24.7 Å². The molecule has 5 heteroatoms. The van der Waals surface area contributed by atoms with Gasteiger partial charge in [0.25, 0.3) is 11.8 Å². The smallest absolute Gasteiger partial charge is 0.255 e. The van der Waals surface area contributed by atoms with E-state index in [1.807, 2.05) is 106 Å². The first-order chi connectivity index (χ1) is 16.9. The summed E-state index contributed by atoms with van der Waals surface area (Å²) in [5, 5.41) is 5.95. The van der Waals surface area contributed by atoms with Crippen LogP contribution in [0.4, 0.5) is 11.4 Å². The van der Waals surface area contributed by atoms with Crippen molar-refractivity contribution in [3.63, 3.8) is 0 Å². The molecular formula is C30H29N3O2. The highest BCUT2D eigenvalue weighted by Crippen LogP contribution is 2.30. The quantitative estimate of drug-likeness (QED) is 0.342. The van der Waals surface area contributed by atoms with Gasteiger partial charge in [-0.15, -0.1) is 0 Å². The lowest BCUT2D eigenvalue weighted by atomic mass is 10.0. The fraction of sp³-hybridized carbons (Fsp3) is 0.133. The van der Waals surface area contributed by atoms with Crippen LogP contribution in [0.2, 0.25) is 0 Å². The van der Waals surface area contributed by atoms with Crippen molar-refractivity contribution in [2.45, 2.75) is 13.5 Å². The number of hydrogen-bond donors (Lipinski definition) is 2. The molecule has 35 heavy (non-hydrogen) atoms. The zero-order chi connectivity index (χ0) is 24.8. The summed E-state index contributed by atoms with van der Waals surface area (Å²) in [5.74, 6) is -0.474. The van der Waals surface area contributed by atoms with Crippen molar-refractivity contribution < 1.29 is 9.59 Å². The molecule has 4 rings (SSSR count). The van der Waals surface area contributed by atoms with Gasteiger partial charge in [0.1, 0.15) is 0 Å². The van der Waals surface area contributed by atoms with Gasteiger partial charge in [0, 0.05) is 17.7 Å². The summed E-state index contributed by atoms with van der Waals surface area (Å²) >= 11 is 0. The lowest BCUT2D eigenvalue weighted by molar-refractivity contribution is 0.101. The van der Waals surface area contributed by atoms with Crippen LogP contribution in [0, 0.1) is 6.92 Å². The van der Waals surface area contributed by atoms with E-state index >= 15 is 0 Å². The van der Waals surface area contributed by atoms with Crippen LogP contribution in [0.25, 0.3) is 11.1 Å². The second-order valence-electron chi connectivity index (χ2n) is 8.84. The number of nitrogens with one attached hydrogen (secondary N) is 2. The molecule has 5 nitrogen and oxygen atoms in total. The maximum atomic E-state index is 13.1. The molecule has 4 aromatic carbocycles. The number of hydrogen-bond acceptors (Lipinski definition) is 3. The second kappa shape index (κ2) is 10.8. The molecule has 0 atom stereocenters. The number of nitrogens with zero attached hydrogens (tertiary/aromatic N) is 1. The SMILES string of the molecule is Cc1ccc(C(=O)Nc2ccc(-c3ccccc3)cc2NC(=O)c2ccc(CN(C)C)cc2)cc1. The van der Waals surface area contributed by atoms with E-state index in [1.54, 1.807) is 12.1 Å². The highest BCUT2D eigenvalue weighted by molar-refractivity contribution is 6.10. The number of amides is 2. The van der Waals surface area contributed by atoms with Gasteiger partial charge in [-0.2, -0.15) is 0 Å². The molecule has 0 aliphatic heterocycles. The molecule has 2 amide bonds. The Morgan fingerprint density at radius 3 is 1.83 bits per heavy atom. The van der Waals surface area contributed by atoms with Gasteiger partial charge in [0.2, 0.25) is 0 Å². The molecule has 0 aliphatic rings. The molecule has 176 valence electrons. The van der Waals surface area contributed by atoms with E-state index in [0.29, 0.717) is 22.5 Å². The number of carbonyl (C=O) groups is 2. The van der Waals surface area contributed by atoms with Crippen molar-refractivity contribution in [2.24, 2.45) is 0 Å². The predicted molar refractivity (Wildman–Crippen MR) is 143 cm³/mol. The van der Waals surface area contributed by atoms with Crippen LogP contribution in [0.1, 0.15) is 31.8 Å². The van der Waals surface area contributed by atoms with E-state index in [4.69, 9.17) is 0 Å². The summed E-state index contributed by atoms with van der Waals surface area (Å²) in [5.41, 5.74) is 6.34. The fourth-order valence-electron chi connectivity index (χ4n) is 3.79. The standard InChI is InChI=1S/C30H29N3O2/c1-21-9-13-24(14-10-21)29(34)31-27-18-17-26(23-7-5-4-6-8-23)19-28(27)32-30(35)25-15-11-22(12-16-25)20-33(2)3/h4-19H,20H2,1-3H3,(H,31,34)(H,32,35). The van der Waals surface area contributed by atoms with E-state index < -0.39 is 0 Å². The molecule has 0 aromatic heterocycles. The van der Waals surface area contributed by atoms with Gasteiger partial charge in [-0.05, 0) is 74.1 Å². The third-order valence-corrected chi connectivity index (χ3v) is 5.65. The molecular weight excluding hydrogens is 434 g/mol. The van der Waals surface area contributed by atoms with Gasteiger partial charge < -0.3 is 15.5 Å². The largest absolute Gasteiger partial charge is 0.320 e. The van der Waals surface area contributed by atoms with Crippen LogP contribution in [0.5, 0.6) is 0 Å². The van der Waals surface area contributed by atoms with Gasteiger partial charge in [0.15, 0.2) is 0 Å². The minimum Gasteiger partial charge on any atom is -0.320 e. The number of anilines is 2. The summed E-state index contributed by atoms with van der Waals surface area (Å²) < 4.78 is 0.